The highest BCUT2D eigenvalue weighted by Gasteiger charge is 2.14. The average Bonchev–Trinajstić information content (AvgIpc) is 2.21. The van der Waals surface area contributed by atoms with Crippen LogP contribution in [0.15, 0.2) is 22.7 Å². The Morgan fingerprint density at radius 2 is 2.33 bits per heavy atom. The summed E-state index contributed by atoms with van der Waals surface area (Å²) in [5.41, 5.74) is 0.157. The topological polar surface area (TPSA) is 44.1 Å². The summed E-state index contributed by atoms with van der Waals surface area (Å²) in [4.78, 5) is 12.5. The number of nitriles is 1. The van der Waals surface area contributed by atoms with Crippen molar-refractivity contribution in [2.24, 2.45) is 0 Å². The first-order valence-electron chi connectivity index (χ1n) is 4.15. The first-order chi connectivity index (χ1) is 7.06. The fourth-order valence-electron chi connectivity index (χ4n) is 1.06. The molecule has 1 rings (SSSR count). The Bertz CT molecular complexity index is 428. The molecule has 15 heavy (non-hydrogen) atoms. The third-order valence-electron chi connectivity index (χ3n) is 1.87. The third kappa shape index (κ3) is 2.77. The molecule has 78 valence electrons. The normalized spacial score (nSPS) is 9.47. The Hall–Kier alpha value is -1.41. The van der Waals surface area contributed by atoms with E-state index in [4.69, 9.17) is 5.26 Å². The Balaban J connectivity index is 3.01. The van der Waals surface area contributed by atoms with Gasteiger partial charge in [0.1, 0.15) is 12.2 Å². The van der Waals surface area contributed by atoms with Crippen molar-refractivity contribution in [3.8, 4) is 6.07 Å². The van der Waals surface area contributed by atoms with Crippen molar-refractivity contribution in [3.63, 3.8) is 0 Å². The van der Waals surface area contributed by atoms with Gasteiger partial charge in [-0.25, -0.2) is 4.39 Å². The smallest absolute Gasteiger partial charge is 0.241 e. The summed E-state index contributed by atoms with van der Waals surface area (Å²) in [6.07, 6.45) is -0.261. The zero-order chi connectivity index (χ0) is 11.4. The summed E-state index contributed by atoms with van der Waals surface area (Å²) in [6.45, 7) is 0. The van der Waals surface area contributed by atoms with Gasteiger partial charge < -0.3 is 4.90 Å². The molecule has 0 aliphatic carbocycles. The lowest BCUT2D eigenvalue weighted by Gasteiger charge is -2.16. The Kier molecular flexibility index (Phi) is 3.81. The van der Waals surface area contributed by atoms with Gasteiger partial charge in [0.05, 0.1) is 11.8 Å². The zero-order valence-electron chi connectivity index (χ0n) is 8.00. The zero-order valence-corrected chi connectivity index (χ0v) is 9.58. The second kappa shape index (κ2) is 4.89. The van der Waals surface area contributed by atoms with Crippen molar-refractivity contribution in [3.05, 3.63) is 28.5 Å². The molecule has 0 aromatic heterocycles. The molecular weight excluding hydrogens is 263 g/mol. The van der Waals surface area contributed by atoms with E-state index < -0.39 is 11.7 Å². The quantitative estimate of drug-likeness (QED) is 0.829. The maximum absolute atomic E-state index is 13.3. The van der Waals surface area contributed by atoms with E-state index in [1.807, 2.05) is 0 Å². The molecule has 1 amide bonds. The summed E-state index contributed by atoms with van der Waals surface area (Å²) in [5.74, 6) is -0.929. The Labute approximate surface area is 95.2 Å². The van der Waals surface area contributed by atoms with Crippen LogP contribution in [0.25, 0.3) is 0 Å². The van der Waals surface area contributed by atoms with Crippen molar-refractivity contribution in [2.45, 2.75) is 6.42 Å². The molecule has 0 spiro atoms. The van der Waals surface area contributed by atoms with Gasteiger partial charge in [-0.15, -0.1) is 0 Å². The van der Waals surface area contributed by atoms with Crippen molar-refractivity contribution in [1.29, 1.82) is 5.26 Å². The second-order valence-corrected chi connectivity index (χ2v) is 3.80. The van der Waals surface area contributed by atoms with Crippen molar-refractivity contribution >= 4 is 27.5 Å². The molecule has 0 saturated carbocycles. The minimum atomic E-state index is -0.494. The molecule has 0 radical (unpaired) electrons. The van der Waals surface area contributed by atoms with Crippen LogP contribution in [0.1, 0.15) is 6.42 Å². The van der Waals surface area contributed by atoms with Crippen LogP contribution in [0.4, 0.5) is 10.1 Å². The number of nitrogens with zero attached hydrogens (tertiary/aromatic N) is 2. The minimum absolute atomic E-state index is 0.157. The predicted molar refractivity (Wildman–Crippen MR) is 57.7 cm³/mol. The summed E-state index contributed by atoms with van der Waals surface area (Å²) >= 11 is 3.18. The molecule has 0 atom stereocenters. The molecule has 0 fully saturated rings. The van der Waals surface area contributed by atoms with Gasteiger partial charge >= 0.3 is 0 Å². The van der Waals surface area contributed by atoms with Crippen molar-refractivity contribution in [2.75, 3.05) is 11.9 Å². The molecule has 0 aliphatic rings. The van der Waals surface area contributed by atoms with E-state index in [2.05, 4.69) is 15.9 Å². The fraction of sp³-hybridized carbons (Fsp3) is 0.200. The van der Waals surface area contributed by atoms with Crippen LogP contribution in [0, 0.1) is 17.1 Å². The SMILES string of the molecule is CN(C(=O)CC#N)c1cc(Br)ccc1F. The largest absolute Gasteiger partial charge is 0.312 e. The number of benzene rings is 1. The number of amides is 1. The summed E-state index contributed by atoms with van der Waals surface area (Å²) in [7, 11) is 1.44. The van der Waals surface area contributed by atoms with Gasteiger partial charge in [0.15, 0.2) is 0 Å². The first kappa shape index (κ1) is 11.7. The van der Waals surface area contributed by atoms with Crippen LogP contribution in [-0.4, -0.2) is 13.0 Å². The molecule has 0 unspecified atom stereocenters. The number of hydrogen-bond acceptors (Lipinski definition) is 2. The van der Waals surface area contributed by atoms with E-state index in [1.165, 1.54) is 19.2 Å². The molecule has 0 bridgehead atoms. The summed E-state index contributed by atoms with van der Waals surface area (Å²) in [6, 6.07) is 6.02. The van der Waals surface area contributed by atoms with Gasteiger partial charge in [-0.1, -0.05) is 15.9 Å². The predicted octanol–water partition coefficient (Wildman–Crippen LogP) is 2.46. The number of anilines is 1. The van der Waals surface area contributed by atoms with E-state index in [0.29, 0.717) is 4.47 Å². The monoisotopic (exact) mass is 270 g/mol. The first-order valence-corrected chi connectivity index (χ1v) is 4.94. The van der Waals surface area contributed by atoms with Crippen LogP contribution in [0.3, 0.4) is 0 Å². The van der Waals surface area contributed by atoms with Gasteiger partial charge in [0.2, 0.25) is 5.91 Å². The van der Waals surface area contributed by atoms with Crippen LogP contribution in [-0.2, 0) is 4.79 Å². The standard InChI is InChI=1S/C10H8BrFN2O/c1-14(10(15)4-5-13)9-6-7(11)2-3-8(9)12/h2-3,6H,4H2,1H3. The number of carbonyl (C=O) groups is 1. The number of rotatable bonds is 2. The highest BCUT2D eigenvalue weighted by molar-refractivity contribution is 9.10. The maximum Gasteiger partial charge on any atom is 0.241 e. The minimum Gasteiger partial charge on any atom is -0.312 e. The van der Waals surface area contributed by atoms with Gasteiger partial charge in [-0.05, 0) is 18.2 Å². The molecule has 0 heterocycles. The molecular formula is C10H8BrFN2O. The van der Waals surface area contributed by atoms with Crippen LogP contribution >= 0.6 is 15.9 Å². The fourth-order valence-corrected chi connectivity index (χ4v) is 1.41. The number of halogens is 2. The lowest BCUT2D eigenvalue weighted by molar-refractivity contribution is -0.117. The van der Waals surface area contributed by atoms with Gasteiger partial charge in [-0.2, -0.15) is 5.26 Å². The molecule has 0 aliphatic heterocycles. The van der Waals surface area contributed by atoms with E-state index in [0.717, 1.165) is 4.90 Å². The van der Waals surface area contributed by atoms with E-state index in [1.54, 1.807) is 12.1 Å². The Morgan fingerprint density at radius 1 is 1.67 bits per heavy atom. The van der Waals surface area contributed by atoms with E-state index in [9.17, 15) is 9.18 Å². The molecule has 0 saturated heterocycles. The molecule has 5 heteroatoms. The lowest BCUT2D eigenvalue weighted by atomic mass is 10.2. The highest BCUT2D eigenvalue weighted by Crippen LogP contribution is 2.23. The highest BCUT2D eigenvalue weighted by atomic mass is 79.9. The maximum atomic E-state index is 13.3. The van der Waals surface area contributed by atoms with Crippen molar-refractivity contribution in [1.82, 2.24) is 0 Å². The Morgan fingerprint density at radius 3 is 2.93 bits per heavy atom. The van der Waals surface area contributed by atoms with E-state index >= 15 is 0 Å². The summed E-state index contributed by atoms with van der Waals surface area (Å²) in [5, 5.41) is 8.36. The van der Waals surface area contributed by atoms with Gasteiger partial charge in [-0.3, -0.25) is 4.79 Å². The molecule has 0 N–H and O–H groups in total. The summed E-state index contributed by atoms with van der Waals surface area (Å²) < 4.78 is 14.0. The van der Waals surface area contributed by atoms with E-state index in [-0.39, 0.29) is 12.1 Å². The van der Waals surface area contributed by atoms with Gasteiger partial charge in [0.25, 0.3) is 0 Å². The second-order valence-electron chi connectivity index (χ2n) is 2.88. The van der Waals surface area contributed by atoms with Crippen LogP contribution < -0.4 is 4.90 Å². The van der Waals surface area contributed by atoms with Crippen LogP contribution in [0.2, 0.25) is 0 Å². The molecule has 3 nitrogen and oxygen atoms in total. The number of carbonyl (C=O) groups excluding carboxylic acids is 1. The third-order valence-corrected chi connectivity index (χ3v) is 2.37. The molecule has 1 aromatic carbocycles. The molecule has 1 aromatic rings. The van der Waals surface area contributed by atoms with Gasteiger partial charge in [0, 0.05) is 11.5 Å². The van der Waals surface area contributed by atoms with Crippen molar-refractivity contribution < 1.29 is 9.18 Å². The number of hydrogen-bond donors (Lipinski definition) is 0. The average molecular weight is 271 g/mol. The van der Waals surface area contributed by atoms with Crippen LogP contribution in [0.5, 0.6) is 0 Å². The lowest BCUT2D eigenvalue weighted by Crippen LogP contribution is -2.26.